The number of carbonyl (C=O) groups excluding carboxylic acids is 1. The number of halogens is 1. The van der Waals surface area contributed by atoms with Gasteiger partial charge in [-0.25, -0.2) is 4.79 Å². The second-order valence-corrected chi connectivity index (χ2v) is 3.38. The van der Waals surface area contributed by atoms with Gasteiger partial charge >= 0.3 is 6.03 Å². The molecular formula is C11H13ClN2O2. The zero-order chi connectivity index (χ0) is 12.0. The summed E-state index contributed by atoms with van der Waals surface area (Å²) < 4.78 is 5.09. The van der Waals surface area contributed by atoms with Crippen LogP contribution in [0.2, 0.25) is 5.02 Å². The summed E-state index contributed by atoms with van der Waals surface area (Å²) in [6, 6.07) is 4.65. The number of ether oxygens (including phenoxy) is 1. The summed E-state index contributed by atoms with van der Waals surface area (Å²) in [7, 11) is 1.53. The molecule has 5 heteroatoms. The zero-order valence-electron chi connectivity index (χ0n) is 9.08. The molecule has 16 heavy (non-hydrogen) atoms. The summed E-state index contributed by atoms with van der Waals surface area (Å²) in [4.78, 5) is 11.4. The molecule has 0 saturated heterocycles. The second kappa shape index (κ2) is 6.02. The Hall–Kier alpha value is -1.68. The molecule has 0 heterocycles. The van der Waals surface area contributed by atoms with Gasteiger partial charge in [-0.05, 0) is 25.1 Å². The van der Waals surface area contributed by atoms with Gasteiger partial charge in [-0.3, -0.25) is 0 Å². The number of benzene rings is 1. The first-order chi connectivity index (χ1) is 7.67. The van der Waals surface area contributed by atoms with E-state index in [0.717, 1.165) is 0 Å². The third kappa shape index (κ3) is 3.47. The van der Waals surface area contributed by atoms with Crippen molar-refractivity contribution in [2.45, 2.75) is 6.92 Å². The lowest BCUT2D eigenvalue weighted by Crippen LogP contribution is -2.23. The van der Waals surface area contributed by atoms with Crippen molar-refractivity contribution in [2.24, 2.45) is 0 Å². The van der Waals surface area contributed by atoms with Crippen LogP contribution in [0.1, 0.15) is 6.92 Å². The highest BCUT2D eigenvalue weighted by molar-refractivity contribution is 6.31. The molecule has 0 aliphatic carbocycles. The number of carbonyl (C=O) groups is 1. The predicted octanol–water partition coefficient (Wildman–Crippen LogP) is 3.00. The Labute approximate surface area is 99.2 Å². The highest BCUT2D eigenvalue weighted by Gasteiger charge is 2.06. The maximum Gasteiger partial charge on any atom is 0.323 e. The molecule has 0 atom stereocenters. The molecule has 86 valence electrons. The average Bonchev–Trinajstić information content (AvgIpc) is 2.27. The number of methoxy groups -OCH3 is 1. The van der Waals surface area contributed by atoms with Crippen molar-refractivity contribution in [2.75, 3.05) is 12.4 Å². The van der Waals surface area contributed by atoms with Crippen LogP contribution in [0.4, 0.5) is 10.5 Å². The maximum atomic E-state index is 11.4. The number of anilines is 1. The molecule has 1 rings (SSSR count). The van der Waals surface area contributed by atoms with Crippen molar-refractivity contribution in [3.05, 3.63) is 35.5 Å². The van der Waals surface area contributed by atoms with Gasteiger partial charge in [0.25, 0.3) is 0 Å². The van der Waals surface area contributed by atoms with Gasteiger partial charge in [-0.15, -0.1) is 0 Å². The van der Waals surface area contributed by atoms with E-state index in [-0.39, 0.29) is 6.03 Å². The molecule has 0 saturated carbocycles. The van der Waals surface area contributed by atoms with Crippen LogP contribution < -0.4 is 15.4 Å². The van der Waals surface area contributed by atoms with Crippen LogP contribution in [0.5, 0.6) is 5.75 Å². The van der Waals surface area contributed by atoms with Crippen LogP contribution in [0.25, 0.3) is 0 Å². The van der Waals surface area contributed by atoms with Gasteiger partial charge in [0.2, 0.25) is 0 Å². The van der Waals surface area contributed by atoms with E-state index in [1.165, 1.54) is 13.3 Å². The Morgan fingerprint density at radius 1 is 1.50 bits per heavy atom. The van der Waals surface area contributed by atoms with Crippen LogP contribution >= 0.6 is 11.6 Å². The first-order valence-electron chi connectivity index (χ1n) is 4.69. The third-order valence-corrected chi connectivity index (χ3v) is 2.03. The normalized spacial score (nSPS) is 10.2. The molecule has 2 amide bonds. The van der Waals surface area contributed by atoms with Crippen LogP contribution in [-0.2, 0) is 0 Å². The molecule has 0 spiro atoms. The Kier molecular flexibility index (Phi) is 4.66. The maximum absolute atomic E-state index is 11.4. The fourth-order valence-electron chi connectivity index (χ4n) is 1.10. The Bertz CT molecular complexity index is 405. The SMILES string of the molecule is C/C=C/NC(=O)Nc1cc(Cl)ccc1OC. The predicted molar refractivity (Wildman–Crippen MR) is 65.0 cm³/mol. The van der Waals surface area contributed by atoms with Gasteiger partial charge in [-0.2, -0.15) is 0 Å². The number of rotatable bonds is 3. The first kappa shape index (κ1) is 12.4. The van der Waals surface area contributed by atoms with Gasteiger partial charge in [-0.1, -0.05) is 17.7 Å². The molecule has 0 aliphatic heterocycles. The van der Waals surface area contributed by atoms with Crippen molar-refractivity contribution in [3.63, 3.8) is 0 Å². The van der Waals surface area contributed by atoms with E-state index in [0.29, 0.717) is 16.5 Å². The van der Waals surface area contributed by atoms with E-state index in [9.17, 15) is 4.79 Å². The first-order valence-corrected chi connectivity index (χ1v) is 5.07. The zero-order valence-corrected chi connectivity index (χ0v) is 9.84. The van der Waals surface area contributed by atoms with Gasteiger partial charge in [0, 0.05) is 11.2 Å². The highest BCUT2D eigenvalue weighted by atomic mass is 35.5. The fraction of sp³-hybridized carbons (Fsp3) is 0.182. The smallest absolute Gasteiger partial charge is 0.323 e. The van der Waals surface area contributed by atoms with Gasteiger partial charge < -0.3 is 15.4 Å². The lowest BCUT2D eigenvalue weighted by Gasteiger charge is -2.09. The summed E-state index contributed by atoms with van der Waals surface area (Å²) in [6.07, 6.45) is 3.25. The van der Waals surface area contributed by atoms with E-state index in [4.69, 9.17) is 16.3 Å². The molecule has 4 nitrogen and oxygen atoms in total. The molecule has 0 radical (unpaired) electrons. The van der Waals surface area contributed by atoms with E-state index in [1.807, 2.05) is 0 Å². The number of nitrogens with one attached hydrogen (secondary N) is 2. The molecule has 0 aromatic heterocycles. The number of urea groups is 1. The lowest BCUT2D eigenvalue weighted by atomic mass is 10.3. The van der Waals surface area contributed by atoms with Gasteiger partial charge in [0.1, 0.15) is 5.75 Å². The number of allylic oxidation sites excluding steroid dienone is 1. The van der Waals surface area contributed by atoms with Crippen molar-refractivity contribution in [1.29, 1.82) is 0 Å². The molecule has 0 fully saturated rings. The van der Waals surface area contributed by atoms with Crippen LogP contribution in [-0.4, -0.2) is 13.1 Å². The summed E-state index contributed by atoms with van der Waals surface area (Å²) >= 11 is 5.82. The minimum atomic E-state index is -0.348. The summed E-state index contributed by atoms with van der Waals surface area (Å²) in [5.74, 6) is 0.556. The van der Waals surface area contributed by atoms with E-state index in [2.05, 4.69) is 10.6 Å². The van der Waals surface area contributed by atoms with Crippen LogP contribution in [0.15, 0.2) is 30.5 Å². The van der Waals surface area contributed by atoms with E-state index >= 15 is 0 Å². The van der Waals surface area contributed by atoms with Crippen molar-refractivity contribution in [3.8, 4) is 5.75 Å². The molecular weight excluding hydrogens is 228 g/mol. The molecule has 2 N–H and O–H groups in total. The molecule has 0 unspecified atom stereocenters. The molecule has 0 aliphatic rings. The Morgan fingerprint density at radius 3 is 2.88 bits per heavy atom. The summed E-state index contributed by atoms with van der Waals surface area (Å²) in [5, 5.41) is 5.68. The lowest BCUT2D eigenvalue weighted by molar-refractivity contribution is 0.255. The fourth-order valence-corrected chi connectivity index (χ4v) is 1.27. The molecule has 1 aromatic rings. The van der Waals surface area contributed by atoms with Gasteiger partial charge in [0.05, 0.1) is 12.8 Å². The van der Waals surface area contributed by atoms with Crippen molar-refractivity contribution >= 4 is 23.3 Å². The van der Waals surface area contributed by atoms with Crippen LogP contribution in [0, 0.1) is 0 Å². The Morgan fingerprint density at radius 2 is 2.25 bits per heavy atom. The quantitative estimate of drug-likeness (QED) is 0.853. The highest BCUT2D eigenvalue weighted by Crippen LogP contribution is 2.27. The largest absolute Gasteiger partial charge is 0.495 e. The summed E-state index contributed by atoms with van der Waals surface area (Å²) in [5.41, 5.74) is 0.525. The third-order valence-electron chi connectivity index (χ3n) is 1.79. The van der Waals surface area contributed by atoms with Gasteiger partial charge in [0.15, 0.2) is 0 Å². The number of hydrogen-bond donors (Lipinski definition) is 2. The minimum Gasteiger partial charge on any atom is -0.495 e. The van der Waals surface area contributed by atoms with Crippen molar-refractivity contribution < 1.29 is 9.53 Å². The summed E-state index contributed by atoms with van der Waals surface area (Å²) in [6.45, 7) is 1.81. The number of amides is 2. The Balaban J connectivity index is 2.78. The topological polar surface area (TPSA) is 50.4 Å². The van der Waals surface area contributed by atoms with E-state index in [1.54, 1.807) is 31.2 Å². The van der Waals surface area contributed by atoms with E-state index < -0.39 is 0 Å². The minimum absolute atomic E-state index is 0.348. The standard InChI is InChI=1S/C11H13ClN2O2/c1-3-6-13-11(15)14-9-7-8(12)4-5-10(9)16-2/h3-7H,1-2H3,(H2,13,14,15)/b6-3+. The van der Waals surface area contributed by atoms with Crippen molar-refractivity contribution in [1.82, 2.24) is 5.32 Å². The van der Waals surface area contributed by atoms with Crippen LogP contribution in [0.3, 0.4) is 0 Å². The average molecular weight is 241 g/mol. The number of hydrogen-bond acceptors (Lipinski definition) is 2. The monoisotopic (exact) mass is 240 g/mol. The second-order valence-electron chi connectivity index (χ2n) is 2.94. The molecule has 1 aromatic carbocycles. The molecule has 0 bridgehead atoms.